The summed E-state index contributed by atoms with van der Waals surface area (Å²) in [7, 11) is 0. The normalized spacial score (nSPS) is 11.1. The fourth-order valence-electron chi connectivity index (χ4n) is 1.90. The van der Waals surface area contributed by atoms with Crippen LogP contribution in [-0.4, -0.2) is 4.98 Å². The van der Waals surface area contributed by atoms with E-state index in [9.17, 15) is 8.78 Å². The van der Waals surface area contributed by atoms with Crippen LogP contribution in [0.3, 0.4) is 0 Å². The highest BCUT2D eigenvalue weighted by Gasteiger charge is 2.11. The average Bonchev–Trinajstić information content (AvgIpc) is 2.78. The number of aromatic nitrogens is 1. The first-order chi connectivity index (χ1) is 9.04. The molecule has 0 atom stereocenters. The van der Waals surface area contributed by atoms with Crippen molar-refractivity contribution in [2.24, 2.45) is 0 Å². The Kier molecular flexibility index (Phi) is 2.71. The molecule has 0 fully saturated rings. The maximum Gasteiger partial charge on any atom is 0.147 e. The summed E-state index contributed by atoms with van der Waals surface area (Å²) < 4.78 is 27.6. The number of anilines is 1. The maximum atomic E-state index is 13.6. The van der Waals surface area contributed by atoms with Gasteiger partial charge in [-0.1, -0.05) is 0 Å². The number of halogens is 2. The van der Waals surface area contributed by atoms with E-state index in [-0.39, 0.29) is 11.5 Å². The van der Waals surface area contributed by atoms with Crippen LogP contribution in [0.15, 0.2) is 30.3 Å². The number of benzene rings is 2. The Morgan fingerprint density at radius 3 is 2.68 bits per heavy atom. The minimum Gasteiger partial charge on any atom is -0.396 e. The molecule has 0 amide bonds. The van der Waals surface area contributed by atoms with Crippen LogP contribution in [-0.2, 0) is 0 Å². The molecule has 96 valence electrons. The van der Waals surface area contributed by atoms with E-state index in [0.29, 0.717) is 21.7 Å². The van der Waals surface area contributed by atoms with Crippen molar-refractivity contribution in [3.05, 3.63) is 47.5 Å². The highest BCUT2D eigenvalue weighted by atomic mass is 32.1. The molecule has 0 aliphatic rings. The first kappa shape index (κ1) is 12.0. The molecule has 2 nitrogen and oxygen atoms in total. The van der Waals surface area contributed by atoms with Gasteiger partial charge in [-0.25, -0.2) is 13.8 Å². The standard InChI is InChI=1S/C14H10F2N2S/c1-7-4-8(5-10(16)13(7)17)14-18-11-6-9(15)2-3-12(11)19-14/h2-6H,17H2,1H3. The Balaban J connectivity index is 2.19. The Morgan fingerprint density at radius 1 is 1.16 bits per heavy atom. The van der Waals surface area contributed by atoms with E-state index < -0.39 is 5.82 Å². The summed E-state index contributed by atoms with van der Waals surface area (Å²) in [5, 5.41) is 0.655. The molecular formula is C14H10F2N2S. The van der Waals surface area contributed by atoms with Gasteiger partial charge in [0.05, 0.1) is 15.9 Å². The zero-order chi connectivity index (χ0) is 13.6. The maximum absolute atomic E-state index is 13.6. The minimum atomic E-state index is -0.458. The van der Waals surface area contributed by atoms with Gasteiger partial charge in [-0.3, -0.25) is 0 Å². The van der Waals surface area contributed by atoms with E-state index in [4.69, 9.17) is 5.73 Å². The van der Waals surface area contributed by atoms with Crippen molar-refractivity contribution in [1.29, 1.82) is 0 Å². The van der Waals surface area contributed by atoms with E-state index in [2.05, 4.69) is 4.98 Å². The molecule has 3 aromatic rings. The lowest BCUT2D eigenvalue weighted by atomic mass is 10.1. The number of aryl methyl sites for hydroxylation is 1. The average molecular weight is 276 g/mol. The molecule has 1 aromatic heterocycles. The number of nitrogens with two attached hydrogens (primary N) is 1. The lowest BCUT2D eigenvalue weighted by molar-refractivity contribution is 0.629. The van der Waals surface area contributed by atoms with Crippen molar-refractivity contribution in [3.63, 3.8) is 0 Å². The fraction of sp³-hybridized carbons (Fsp3) is 0.0714. The fourth-order valence-corrected chi connectivity index (χ4v) is 2.84. The molecule has 0 aliphatic carbocycles. The van der Waals surface area contributed by atoms with Gasteiger partial charge in [0.2, 0.25) is 0 Å². The SMILES string of the molecule is Cc1cc(-c2nc3cc(F)ccc3s2)cc(F)c1N. The number of nitrogen functional groups attached to an aromatic ring is 1. The van der Waals surface area contributed by atoms with Crippen molar-refractivity contribution in [2.45, 2.75) is 6.92 Å². The van der Waals surface area contributed by atoms with Crippen molar-refractivity contribution in [2.75, 3.05) is 5.73 Å². The van der Waals surface area contributed by atoms with Crippen LogP contribution in [0.2, 0.25) is 0 Å². The van der Waals surface area contributed by atoms with Crippen LogP contribution in [0, 0.1) is 18.6 Å². The van der Waals surface area contributed by atoms with Crippen LogP contribution in [0.5, 0.6) is 0 Å². The number of thiazole rings is 1. The zero-order valence-electron chi connectivity index (χ0n) is 10.1. The Morgan fingerprint density at radius 2 is 1.95 bits per heavy atom. The van der Waals surface area contributed by atoms with Crippen LogP contribution in [0.1, 0.15) is 5.56 Å². The summed E-state index contributed by atoms with van der Waals surface area (Å²) in [5.74, 6) is -0.788. The summed E-state index contributed by atoms with van der Waals surface area (Å²) in [4.78, 5) is 4.33. The predicted octanol–water partition coefficient (Wildman–Crippen LogP) is 4.13. The second kappa shape index (κ2) is 4.28. The third-order valence-electron chi connectivity index (χ3n) is 2.93. The van der Waals surface area contributed by atoms with E-state index in [1.165, 1.54) is 29.5 Å². The van der Waals surface area contributed by atoms with Gasteiger partial charge < -0.3 is 5.73 Å². The third-order valence-corrected chi connectivity index (χ3v) is 4.02. The molecule has 1 heterocycles. The van der Waals surface area contributed by atoms with Crippen LogP contribution >= 0.6 is 11.3 Å². The molecule has 5 heteroatoms. The van der Waals surface area contributed by atoms with Gasteiger partial charge in [0.15, 0.2) is 0 Å². The summed E-state index contributed by atoms with van der Waals surface area (Å²) in [6.07, 6.45) is 0. The van der Waals surface area contributed by atoms with Crippen molar-refractivity contribution in [3.8, 4) is 10.6 Å². The molecule has 0 spiro atoms. The molecule has 2 N–H and O–H groups in total. The van der Waals surface area contributed by atoms with Crippen LogP contribution in [0.4, 0.5) is 14.5 Å². The summed E-state index contributed by atoms with van der Waals surface area (Å²) in [6.45, 7) is 1.74. The summed E-state index contributed by atoms with van der Waals surface area (Å²) in [5.41, 5.74) is 7.64. The highest BCUT2D eigenvalue weighted by molar-refractivity contribution is 7.21. The van der Waals surface area contributed by atoms with E-state index in [0.717, 1.165) is 4.70 Å². The number of hydrogen-bond donors (Lipinski definition) is 1. The van der Waals surface area contributed by atoms with Crippen LogP contribution in [0.25, 0.3) is 20.8 Å². The molecule has 0 radical (unpaired) electrons. The van der Waals surface area contributed by atoms with Gasteiger partial charge in [-0.15, -0.1) is 11.3 Å². The van der Waals surface area contributed by atoms with Gasteiger partial charge in [0.25, 0.3) is 0 Å². The van der Waals surface area contributed by atoms with E-state index in [1.807, 2.05) is 0 Å². The number of hydrogen-bond acceptors (Lipinski definition) is 3. The molecule has 0 bridgehead atoms. The Bertz CT molecular complexity index is 757. The third kappa shape index (κ3) is 2.06. The molecule has 0 saturated heterocycles. The van der Waals surface area contributed by atoms with E-state index >= 15 is 0 Å². The van der Waals surface area contributed by atoms with Gasteiger partial charge in [0.1, 0.15) is 16.6 Å². The van der Waals surface area contributed by atoms with Crippen molar-refractivity contribution in [1.82, 2.24) is 4.98 Å². The van der Waals surface area contributed by atoms with Crippen molar-refractivity contribution >= 4 is 27.2 Å². The van der Waals surface area contributed by atoms with Crippen molar-refractivity contribution < 1.29 is 8.78 Å². The quantitative estimate of drug-likeness (QED) is 0.679. The van der Waals surface area contributed by atoms with Gasteiger partial charge in [-0.05, 0) is 36.8 Å². The number of rotatable bonds is 1. The molecule has 0 unspecified atom stereocenters. The monoisotopic (exact) mass is 276 g/mol. The molecular weight excluding hydrogens is 266 g/mol. The topological polar surface area (TPSA) is 38.9 Å². The molecule has 2 aromatic carbocycles. The predicted molar refractivity (Wildman–Crippen MR) is 74.1 cm³/mol. The van der Waals surface area contributed by atoms with Gasteiger partial charge in [-0.2, -0.15) is 0 Å². The zero-order valence-corrected chi connectivity index (χ0v) is 10.9. The highest BCUT2D eigenvalue weighted by Crippen LogP contribution is 2.32. The van der Waals surface area contributed by atoms with Gasteiger partial charge >= 0.3 is 0 Å². The lowest BCUT2D eigenvalue weighted by Crippen LogP contribution is -1.94. The first-order valence-corrected chi connectivity index (χ1v) is 6.48. The molecule has 19 heavy (non-hydrogen) atoms. The molecule has 3 rings (SSSR count). The van der Waals surface area contributed by atoms with Gasteiger partial charge in [0, 0.05) is 11.6 Å². The second-order valence-corrected chi connectivity index (χ2v) is 5.35. The first-order valence-electron chi connectivity index (χ1n) is 5.66. The largest absolute Gasteiger partial charge is 0.396 e. The summed E-state index contributed by atoms with van der Waals surface area (Å²) >= 11 is 1.40. The number of fused-ring (bicyclic) bond motifs is 1. The van der Waals surface area contributed by atoms with Crippen LogP contribution < -0.4 is 5.73 Å². The Labute approximate surface area is 112 Å². The Hall–Kier alpha value is -2.01. The number of nitrogens with zero attached hydrogens (tertiary/aromatic N) is 1. The lowest BCUT2D eigenvalue weighted by Gasteiger charge is -2.04. The smallest absolute Gasteiger partial charge is 0.147 e. The molecule has 0 saturated carbocycles. The second-order valence-electron chi connectivity index (χ2n) is 4.32. The van der Waals surface area contributed by atoms with E-state index in [1.54, 1.807) is 19.1 Å². The molecule has 0 aliphatic heterocycles. The summed E-state index contributed by atoms with van der Waals surface area (Å²) in [6, 6.07) is 7.57. The minimum absolute atomic E-state index is 0.149.